The lowest BCUT2D eigenvalue weighted by Crippen LogP contribution is -2.14. The standard InChI is InChI=1S/C30H25N3OS/c34-29(32-21-13-5-2-6-14-21)27-23-16-8-10-18-26(23)35-30(27)31-19-24-22-15-7-9-17-25(22)33-28(24)20-11-3-1-4-12-20/h1-7,9,11-15,17,19,33H,8,10,16,18H2,(H,32,34)/b31-19+. The van der Waals surface area contributed by atoms with E-state index in [9.17, 15) is 4.79 Å². The monoisotopic (exact) mass is 475 g/mol. The van der Waals surface area contributed by atoms with Crippen molar-refractivity contribution < 1.29 is 4.79 Å². The van der Waals surface area contributed by atoms with Crippen molar-refractivity contribution in [3.05, 3.63) is 106 Å². The molecule has 4 nitrogen and oxygen atoms in total. The van der Waals surface area contributed by atoms with Crippen molar-refractivity contribution in [3.8, 4) is 11.3 Å². The number of hydrogen-bond donors (Lipinski definition) is 2. The van der Waals surface area contributed by atoms with E-state index in [-0.39, 0.29) is 5.91 Å². The summed E-state index contributed by atoms with van der Waals surface area (Å²) in [5.74, 6) is -0.0787. The molecule has 2 aromatic heterocycles. The number of H-pyrrole nitrogens is 1. The number of nitrogens with zero attached hydrogens (tertiary/aromatic N) is 1. The molecule has 0 radical (unpaired) electrons. The Morgan fingerprint density at radius 3 is 2.43 bits per heavy atom. The van der Waals surface area contributed by atoms with E-state index in [0.717, 1.165) is 69.7 Å². The van der Waals surface area contributed by atoms with Crippen LogP contribution in [0.2, 0.25) is 0 Å². The lowest BCUT2D eigenvalue weighted by Gasteiger charge is -2.12. The van der Waals surface area contributed by atoms with Gasteiger partial charge in [0.1, 0.15) is 5.00 Å². The van der Waals surface area contributed by atoms with Gasteiger partial charge in [0.05, 0.1) is 11.3 Å². The number of aromatic nitrogens is 1. The van der Waals surface area contributed by atoms with Crippen molar-refractivity contribution in [1.82, 2.24) is 4.98 Å². The largest absolute Gasteiger partial charge is 0.354 e. The molecule has 6 rings (SSSR count). The number of thiophene rings is 1. The van der Waals surface area contributed by atoms with E-state index in [1.807, 2.05) is 66.9 Å². The Hall–Kier alpha value is -3.96. The number of carbonyl (C=O) groups is 1. The van der Waals surface area contributed by atoms with Gasteiger partial charge in [-0.15, -0.1) is 11.3 Å². The van der Waals surface area contributed by atoms with Crippen LogP contribution >= 0.6 is 11.3 Å². The van der Waals surface area contributed by atoms with E-state index in [2.05, 4.69) is 34.6 Å². The van der Waals surface area contributed by atoms with E-state index < -0.39 is 0 Å². The molecule has 0 spiro atoms. The normalized spacial score (nSPS) is 13.3. The van der Waals surface area contributed by atoms with Gasteiger partial charge in [-0.25, -0.2) is 4.99 Å². The number of anilines is 1. The fourth-order valence-corrected chi connectivity index (χ4v) is 6.08. The highest BCUT2D eigenvalue weighted by molar-refractivity contribution is 7.16. The van der Waals surface area contributed by atoms with Gasteiger partial charge in [0, 0.05) is 33.2 Å². The average Bonchev–Trinajstić information content (AvgIpc) is 3.47. The highest BCUT2D eigenvalue weighted by Crippen LogP contribution is 2.40. The number of nitrogens with one attached hydrogen (secondary N) is 2. The quantitative estimate of drug-likeness (QED) is 0.251. The maximum absolute atomic E-state index is 13.4. The second kappa shape index (κ2) is 9.35. The van der Waals surface area contributed by atoms with Crippen LogP contribution in [-0.2, 0) is 12.8 Å². The summed E-state index contributed by atoms with van der Waals surface area (Å²) in [5, 5.41) is 4.99. The fourth-order valence-electron chi connectivity index (χ4n) is 4.85. The van der Waals surface area contributed by atoms with Crippen molar-refractivity contribution >= 4 is 45.0 Å². The van der Waals surface area contributed by atoms with E-state index in [1.54, 1.807) is 11.3 Å². The first-order valence-corrected chi connectivity index (χ1v) is 12.8. The Kier molecular flexibility index (Phi) is 5.76. The van der Waals surface area contributed by atoms with Gasteiger partial charge in [-0.2, -0.15) is 0 Å². The van der Waals surface area contributed by atoms with E-state index in [1.165, 1.54) is 10.4 Å². The molecular formula is C30H25N3OS. The summed E-state index contributed by atoms with van der Waals surface area (Å²) >= 11 is 1.66. The molecule has 5 aromatic rings. The number of benzene rings is 3. The zero-order valence-electron chi connectivity index (χ0n) is 19.3. The maximum atomic E-state index is 13.4. The number of carbonyl (C=O) groups excluding carboxylic acids is 1. The molecule has 0 saturated carbocycles. The van der Waals surface area contributed by atoms with Gasteiger partial charge < -0.3 is 10.3 Å². The number of fused-ring (bicyclic) bond motifs is 2. The molecule has 35 heavy (non-hydrogen) atoms. The van der Waals surface area contributed by atoms with Crippen LogP contribution in [0, 0.1) is 0 Å². The molecule has 3 aromatic carbocycles. The summed E-state index contributed by atoms with van der Waals surface area (Å²) in [6.45, 7) is 0. The van der Waals surface area contributed by atoms with Crippen LogP contribution in [0.3, 0.4) is 0 Å². The number of para-hydroxylation sites is 2. The minimum atomic E-state index is -0.0787. The van der Waals surface area contributed by atoms with Crippen LogP contribution in [0.25, 0.3) is 22.2 Å². The maximum Gasteiger partial charge on any atom is 0.259 e. The Morgan fingerprint density at radius 1 is 0.886 bits per heavy atom. The number of aromatic amines is 1. The molecule has 0 bridgehead atoms. The third kappa shape index (κ3) is 4.19. The van der Waals surface area contributed by atoms with Gasteiger partial charge in [-0.05, 0) is 55.0 Å². The van der Waals surface area contributed by atoms with Crippen LogP contribution in [0.1, 0.15) is 39.2 Å². The third-order valence-corrected chi connectivity index (χ3v) is 7.73. The molecule has 0 unspecified atom stereocenters. The summed E-state index contributed by atoms with van der Waals surface area (Å²) in [4.78, 5) is 23.3. The topological polar surface area (TPSA) is 57.2 Å². The van der Waals surface area contributed by atoms with Crippen LogP contribution in [0.15, 0.2) is 89.9 Å². The third-order valence-electron chi connectivity index (χ3n) is 6.53. The Bertz CT molecular complexity index is 1530. The first-order chi connectivity index (χ1) is 17.3. The molecule has 0 saturated heterocycles. The fraction of sp³-hybridized carbons (Fsp3) is 0.133. The SMILES string of the molecule is O=C(Nc1ccccc1)c1c(/N=C/c2c(-c3ccccc3)[nH]c3ccccc23)sc2c1CCCC2. The van der Waals surface area contributed by atoms with Crippen LogP contribution < -0.4 is 5.32 Å². The molecule has 2 heterocycles. The predicted octanol–water partition coefficient (Wildman–Crippen LogP) is 7.78. The van der Waals surface area contributed by atoms with Gasteiger partial charge in [0.2, 0.25) is 0 Å². The van der Waals surface area contributed by atoms with E-state index in [4.69, 9.17) is 4.99 Å². The van der Waals surface area contributed by atoms with Crippen LogP contribution in [0.4, 0.5) is 10.7 Å². The molecule has 1 aliphatic rings. The average molecular weight is 476 g/mol. The van der Waals surface area contributed by atoms with Crippen molar-refractivity contribution in [1.29, 1.82) is 0 Å². The minimum Gasteiger partial charge on any atom is -0.354 e. The Morgan fingerprint density at radius 2 is 1.60 bits per heavy atom. The van der Waals surface area contributed by atoms with E-state index in [0.29, 0.717) is 0 Å². The minimum absolute atomic E-state index is 0.0787. The highest BCUT2D eigenvalue weighted by Gasteiger charge is 2.25. The lowest BCUT2D eigenvalue weighted by atomic mass is 9.95. The van der Waals surface area contributed by atoms with Gasteiger partial charge in [0.15, 0.2) is 0 Å². The smallest absolute Gasteiger partial charge is 0.259 e. The van der Waals surface area contributed by atoms with Crippen molar-refractivity contribution in [2.75, 3.05) is 5.32 Å². The highest BCUT2D eigenvalue weighted by atomic mass is 32.1. The summed E-state index contributed by atoms with van der Waals surface area (Å²) < 4.78 is 0. The first-order valence-electron chi connectivity index (χ1n) is 12.0. The Balaban J connectivity index is 1.44. The number of hydrogen-bond acceptors (Lipinski definition) is 3. The van der Waals surface area contributed by atoms with Gasteiger partial charge in [-0.1, -0.05) is 66.7 Å². The molecule has 2 N–H and O–H groups in total. The summed E-state index contributed by atoms with van der Waals surface area (Å²) in [7, 11) is 0. The molecule has 0 aliphatic heterocycles. The zero-order valence-corrected chi connectivity index (χ0v) is 20.1. The Labute approximate surface area is 208 Å². The van der Waals surface area contributed by atoms with Gasteiger partial charge >= 0.3 is 0 Å². The van der Waals surface area contributed by atoms with Crippen LogP contribution in [-0.4, -0.2) is 17.1 Å². The van der Waals surface area contributed by atoms with Crippen molar-refractivity contribution in [3.63, 3.8) is 0 Å². The van der Waals surface area contributed by atoms with E-state index >= 15 is 0 Å². The second-order valence-electron chi connectivity index (χ2n) is 8.79. The molecule has 172 valence electrons. The molecule has 0 atom stereocenters. The lowest BCUT2D eigenvalue weighted by molar-refractivity contribution is 0.102. The molecular weight excluding hydrogens is 450 g/mol. The summed E-state index contributed by atoms with van der Waals surface area (Å²) in [6.07, 6.45) is 6.15. The number of aliphatic imine (C=N–C) groups is 1. The first kappa shape index (κ1) is 21.6. The second-order valence-corrected chi connectivity index (χ2v) is 9.88. The van der Waals surface area contributed by atoms with Gasteiger partial charge in [-0.3, -0.25) is 4.79 Å². The van der Waals surface area contributed by atoms with Crippen LogP contribution in [0.5, 0.6) is 0 Å². The predicted molar refractivity (Wildman–Crippen MR) is 146 cm³/mol. The summed E-state index contributed by atoms with van der Waals surface area (Å²) in [5.41, 5.74) is 6.94. The van der Waals surface area contributed by atoms with Crippen molar-refractivity contribution in [2.24, 2.45) is 4.99 Å². The number of rotatable bonds is 5. The summed E-state index contributed by atoms with van der Waals surface area (Å²) in [6, 6.07) is 28.2. The van der Waals surface area contributed by atoms with Gasteiger partial charge in [0.25, 0.3) is 5.91 Å². The van der Waals surface area contributed by atoms with Crippen molar-refractivity contribution in [2.45, 2.75) is 25.7 Å². The zero-order chi connectivity index (χ0) is 23.6. The molecule has 1 aliphatic carbocycles. The molecule has 5 heteroatoms. The molecule has 0 fully saturated rings. The molecule has 1 amide bonds. The number of aryl methyl sites for hydroxylation is 1. The number of amides is 1.